The second-order valence-corrected chi connectivity index (χ2v) is 6.94. The first kappa shape index (κ1) is 20.8. The molecular formula is C20H31NO5. The Morgan fingerprint density at radius 2 is 2.04 bits per heavy atom. The van der Waals surface area contributed by atoms with Gasteiger partial charge in [-0.2, -0.15) is 0 Å². The molecule has 1 aliphatic heterocycles. The fraction of sp³-hybridized carbons (Fsp3) is 0.650. The van der Waals surface area contributed by atoms with Crippen LogP contribution in [0.25, 0.3) is 0 Å². The van der Waals surface area contributed by atoms with Crippen LogP contribution in [0, 0.1) is 5.92 Å². The molecule has 1 aliphatic rings. The minimum absolute atomic E-state index is 0.0461. The van der Waals surface area contributed by atoms with Gasteiger partial charge < -0.3 is 24.6 Å². The van der Waals surface area contributed by atoms with E-state index >= 15 is 0 Å². The summed E-state index contributed by atoms with van der Waals surface area (Å²) in [6.07, 6.45) is 0.180. The number of cyclic esters (lactones) is 1. The Kier molecular flexibility index (Phi) is 8.51. The van der Waals surface area contributed by atoms with Gasteiger partial charge in [0.05, 0.1) is 25.4 Å². The van der Waals surface area contributed by atoms with E-state index in [1.54, 1.807) is 14.0 Å². The molecule has 1 heterocycles. The second kappa shape index (κ2) is 10.6. The van der Waals surface area contributed by atoms with Gasteiger partial charge in [-0.15, -0.1) is 0 Å². The van der Waals surface area contributed by atoms with E-state index < -0.39 is 18.2 Å². The lowest BCUT2D eigenvalue weighted by Gasteiger charge is -2.31. The first-order chi connectivity index (χ1) is 12.5. The van der Waals surface area contributed by atoms with Crippen molar-refractivity contribution in [1.29, 1.82) is 0 Å². The molecule has 6 nitrogen and oxygen atoms in total. The van der Waals surface area contributed by atoms with Crippen LogP contribution in [-0.4, -0.2) is 62.3 Å². The van der Waals surface area contributed by atoms with Gasteiger partial charge in [0.25, 0.3) is 0 Å². The van der Waals surface area contributed by atoms with Crippen LogP contribution in [0.4, 0.5) is 0 Å². The van der Waals surface area contributed by atoms with Crippen LogP contribution in [0.15, 0.2) is 30.3 Å². The van der Waals surface area contributed by atoms with Gasteiger partial charge in [-0.3, -0.25) is 4.79 Å². The first-order valence-electron chi connectivity index (χ1n) is 9.30. The predicted octanol–water partition coefficient (Wildman–Crippen LogP) is 1.55. The first-order valence-corrected chi connectivity index (χ1v) is 9.30. The van der Waals surface area contributed by atoms with Crippen LogP contribution in [0.5, 0.6) is 0 Å². The van der Waals surface area contributed by atoms with Gasteiger partial charge in [0, 0.05) is 12.5 Å². The average Bonchev–Trinajstić information content (AvgIpc) is 2.66. The summed E-state index contributed by atoms with van der Waals surface area (Å²) in [6.45, 7) is 4.76. The molecule has 0 aromatic heterocycles. The molecule has 1 unspecified atom stereocenters. The Balaban J connectivity index is 2.15. The number of esters is 1. The van der Waals surface area contributed by atoms with Gasteiger partial charge in [0.1, 0.15) is 12.1 Å². The predicted molar refractivity (Wildman–Crippen MR) is 98.9 cm³/mol. The Bertz CT molecular complexity index is 536. The van der Waals surface area contributed by atoms with Gasteiger partial charge in [-0.25, -0.2) is 0 Å². The van der Waals surface area contributed by atoms with Crippen molar-refractivity contribution < 1.29 is 24.1 Å². The molecule has 146 valence electrons. The van der Waals surface area contributed by atoms with Crippen LogP contribution in [0.1, 0.15) is 25.8 Å². The van der Waals surface area contributed by atoms with E-state index in [0.717, 1.165) is 6.42 Å². The van der Waals surface area contributed by atoms with Crippen LogP contribution in [-0.2, 0) is 25.4 Å². The minimum Gasteiger partial charge on any atom is -0.459 e. The lowest BCUT2D eigenvalue weighted by Crippen LogP contribution is -2.43. The Morgan fingerprint density at radius 1 is 1.31 bits per heavy atom. The van der Waals surface area contributed by atoms with E-state index in [9.17, 15) is 9.90 Å². The third-order valence-corrected chi connectivity index (χ3v) is 4.67. The number of hydrogen-bond acceptors (Lipinski definition) is 6. The summed E-state index contributed by atoms with van der Waals surface area (Å²) >= 11 is 0. The highest BCUT2D eigenvalue weighted by atomic mass is 16.6. The standard InChI is InChI=1S/C20H31NO5/c1-14(22)9-10-25-19-15(2)26-20(23)18(21-3)13-24-12-17(19)11-16-7-5-4-6-8-16/h4-8,14-15,17-19,21-22H,9-13H2,1-3H3/t14?,15-,17-,18-,19-/m0/s1. The van der Waals surface area contributed by atoms with Crippen molar-refractivity contribution in [3.8, 4) is 0 Å². The molecule has 0 radical (unpaired) electrons. The van der Waals surface area contributed by atoms with Gasteiger partial charge in [-0.1, -0.05) is 30.3 Å². The minimum atomic E-state index is -0.481. The van der Waals surface area contributed by atoms with Gasteiger partial charge in [-0.05, 0) is 39.3 Å². The topological polar surface area (TPSA) is 77.0 Å². The number of nitrogens with one attached hydrogen (secondary N) is 1. The highest BCUT2D eigenvalue weighted by Crippen LogP contribution is 2.23. The zero-order valence-electron chi connectivity index (χ0n) is 15.9. The second-order valence-electron chi connectivity index (χ2n) is 6.94. The Hall–Kier alpha value is -1.47. The number of rotatable bonds is 7. The summed E-state index contributed by atoms with van der Waals surface area (Å²) in [5.74, 6) is -0.283. The smallest absolute Gasteiger partial charge is 0.325 e. The lowest BCUT2D eigenvalue weighted by molar-refractivity contribution is -0.160. The largest absolute Gasteiger partial charge is 0.459 e. The number of aliphatic hydroxyl groups excluding tert-OH is 1. The van der Waals surface area contributed by atoms with Gasteiger partial charge in [0.2, 0.25) is 0 Å². The zero-order chi connectivity index (χ0) is 18.9. The molecule has 0 saturated carbocycles. The van der Waals surface area contributed by atoms with E-state index in [1.807, 2.05) is 25.1 Å². The monoisotopic (exact) mass is 365 g/mol. The van der Waals surface area contributed by atoms with Crippen molar-refractivity contribution in [2.24, 2.45) is 5.92 Å². The van der Waals surface area contributed by atoms with E-state index in [2.05, 4.69) is 17.4 Å². The van der Waals surface area contributed by atoms with Crippen LogP contribution in [0.3, 0.4) is 0 Å². The summed E-state index contributed by atoms with van der Waals surface area (Å²) in [4.78, 5) is 12.3. The van der Waals surface area contributed by atoms with Crippen molar-refractivity contribution in [2.45, 2.75) is 51.0 Å². The molecule has 0 bridgehead atoms. The van der Waals surface area contributed by atoms with Crippen molar-refractivity contribution in [3.05, 3.63) is 35.9 Å². The third-order valence-electron chi connectivity index (χ3n) is 4.67. The highest BCUT2D eigenvalue weighted by molar-refractivity contribution is 5.76. The van der Waals surface area contributed by atoms with E-state index in [-0.39, 0.29) is 24.6 Å². The molecule has 5 atom stereocenters. The van der Waals surface area contributed by atoms with Crippen LogP contribution < -0.4 is 5.32 Å². The quantitative estimate of drug-likeness (QED) is 0.714. The fourth-order valence-electron chi connectivity index (χ4n) is 3.16. The molecule has 0 aliphatic carbocycles. The molecule has 2 rings (SSSR count). The average molecular weight is 365 g/mol. The molecule has 0 spiro atoms. The Morgan fingerprint density at radius 3 is 2.69 bits per heavy atom. The van der Waals surface area contributed by atoms with Crippen LogP contribution in [0.2, 0.25) is 0 Å². The van der Waals surface area contributed by atoms with Gasteiger partial charge in [0.15, 0.2) is 0 Å². The zero-order valence-corrected chi connectivity index (χ0v) is 15.9. The number of likely N-dealkylation sites (N-methyl/N-ethyl adjacent to an activating group) is 1. The molecule has 2 N–H and O–H groups in total. The maximum absolute atomic E-state index is 12.3. The molecular weight excluding hydrogens is 334 g/mol. The third kappa shape index (κ3) is 6.36. The summed E-state index contributed by atoms with van der Waals surface area (Å²) in [5.41, 5.74) is 1.19. The number of carbonyl (C=O) groups is 1. The van der Waals surface area contributed by atoms with Crippen molar-refractivity contribution in [3.63, 3.8) is 0 Å². The number of hydrogen-bond donors (Lipinski definition) is 2. The molecule has 1 saturated heterocycles. The van der Waals surface area contributed by atoms with E-state index in [1.165, 1.54) is 5.56 Å². The molecule has 1 fully saturated rings. The highest BCUT2D eigenvalue weighted by Gasteiger charge is 2.34. The summed E-state index contributed by atoms with van der Waals surface area (Å²) in [5, 5.41) is 12.4. The van der Waals surface area contributed by atoms with Crippen LogP contribution >= 0.6 is 0 Å². The molecule has 0 amide bonds. The number of aliphatic hydroxyl groups is 1. The summed E-state index contributed by atoms with van der Waals surface area (Å²) in [6, 6.07) is 9.68. The number of ether oxygens (including phenoxy) is 3. The fourth-order valence-corrected chi connectivity index (χ4v) is 3.16. The Labute approximate surface area is 155 Å². The number of benzene rings is 1. The van der Waals surface area contributed by atoms with Gasteiger partial charge >= 0.3 is 5.97 Å². The SMILES string of the molecule is CN[C@H]1COC[C@H](Cc2ccccc2)[C@@H](OCCC(C)O)[C@H](C)OC1=O. The molecule has 1 aromatic rings. The summed E-state index contributed by atoms with van der Waals surface area (Å²) < 4.78 is 17.5. The van der Waals surface area contributed by atoms with Crippen molar-refractivity contribution in [1.82, 2.24) is 5.32 Å². The van der Waals surface area contributed by atoms with Crippen molar-refractivity contribution in [2.75, 3.05) is 26.9 Å². The number of carbonyl (C=O) groups excluding carboxylic acids is 1. The lowest BCUT2D eigenvalue weighted by atomic mass is 9.91. The maximum Gasteiger partial charge on any atom is 0.325 e. The molecule has 26 heavy (non-hydrogen) atoms. The summed E-state index contributed by atoms with van der Waals surface area (Å²) in [7, 11) is 1.72. The normalized spacial score (nSPS) is 28.5. The van der Waals surface area contributed by atoms with E-state index in [0.29, 0.717) is 19.6 Å². The van der Waals surface area contributed by atoms with Crippen molar-refractivity contribution >= 4 is 5.97 Å². The molecule has 6 heteroatoms. The molecule has 1 aromatic carbocycles. The van der Waals surface area contributed by atoms with E-state index in [4.69, 9.17) is 14.2 Å². The maximum atomic E-state index is 12.3.